The number of nitrogens with zero attached hydrogens (tertiary/aromatic N) is 1. The van der Waals surface area contributed by atoms with Crippen LogP contribution in [-0.2, 0) is 19.1 Å². The first-order chi connectivity index (χ1) is 10.1. The first-order valence-corrected chi connectivity index (χ1v) is 8.52. The largest absolute Gasteiger partial charge is 0.469 e. The van der Waals surface area contributed by atoms with Gasteiger partial charge in [-0.05, 0) is 12.8 Å². The van der Waals surface area contributed by atoms with E-state index >= 15 is 0 Å². The summed E-state index contributed by atoms with van der Waals surface area (Å²) in [6, 6.07) is 0. The normalized spacial score (nSPS) is 17.7. The van der Waals surface area contributed by atoms with E-state index in [1.54, 1.807) is 0 Å². The topological polar surface area (TPSA) is 55.8 Å². The van der Waals surface area contributed by atoms with Crippen LogP contribution < -0.4 is 0 Å². The molecular formula is C15H26BrNO4. The van der Waals surface area contributed by atoms with Crippen LogP contribution in [0.25, 0.3) is 0 Å². The summed E-state index contributed by atoms with van der Waals surface area (Å²) in [6.45, 7) is 0.721. The molecular weight excluding hydrogens is 338 g/mol. The zero-order valence-corrected chi connectivity index (χ0v) is 14.4. The number of rotatable bonds is 12. The molecule has 0 aromatic rings. The fourth-order valence-electron chi connectivity index (χ4n) is 2.24. The SMILES string of the molecule is COC(=O)CCCCCCCCCCOC1CC(=O)N1Br. The van der Waals surface area contributed by atoms with Gasteiger partial charge in [0, 0.05) is 13.0 Å². The number of carbonyl (C=O) groups is 2. The van der Waals surface area contributed by atoms with Crippen molar-refractivity contribution in [2.24, 2.45) is 0 Å². The molecule has 1 heterocycles. The van der Waals surface area contributed by atoms with Crippen molar-refractivity contribution in [3.63, 3.8) is 0 Å². The molecule has 1 saturated heterocycles. The van der Waals surface area contributed by atoms with Crippen LogP contribution >= 0.6 is 16.1 Å². The Balaban J connectivity index is 1.75. The Bertz CT molecular complexity index is 325. The van der Waals surface area contributed by atoms with Gasteiger partial charge in [0.15, 0.2) is 6.23 Å². The summed E-state index contributed by atoms with van der Waals surface area (Å²) in [6.07, 6.45) is 10.1. The Hall–Kier alpha value is -0.620. The standard InChI is InChI=1S/C15H26BrNO4/c1-20-15(19)10-8-6-4-2-3-5-7-9-11-21-14-12-13(18)17(14)16/h14H,2-12H2,1H3. The fourth-order valence-corrected chi connectivity index (χ4v) is 2.65. The number of β-lactam (4-membered cyclic amide) rings is 1. The van der Waals surface area contributed by atoms with E-state index in [0.29, 0.717) is 12.8 Å². The van der Waals surface area contributed by atoms with Crippen LogP contribution in [0.3, 0.4) is 0 Å². The van der Waals surface area contributed by atoms with Crippen LogP contribution in [0.4, 0.5) is 0 Å². The predicted molar refractivity (Wildman–Crippen MR) is 83.7 cm³/mol. The predicted octanol–water partition coefficient (Wildman–Crippen LogP) is 3.56. The van der Waals surface area contributed by atoms with Gasteiger partial charge in [-0.25, -0.2) is 0 Å². The van der Waals surface area contributed by atoms with Crippen molar-refractivity contribution in [1.29, 1.82) is 0 Å². The molecule has 0 aliphatic carbocycles. The van der Waals surface area contributed by atoms with Gasteiger partial charge < -0.3 is 9.47 Å². The number of hydrogen-bond acceptors (Lipinski definition) is 4. The van der Waals surface area contributed by atoms with Gasteiger partial charge in [-0.15, -0.1) is 0 Å². The van der Waals surface area contributed by atoms with Gasteiger partial charge in [0.2, 0.25) is 5.91 Å². The van der Waals surface area contributed by atoms with Crippen molar-refractivity contribution in [2.75, 3.05) is 13.7 Å². The van der Waals surface area contributed by atoms with E-state index in [-0.39, 0.29) is 18.1 Å². The van der Waals surface area contributed by atoms with Crippen LogP contribution in [0.15, 0.2) is 0 Å². The third kappa shape index (κ3) is 7.81. The molecule has 1 fully saturated rings. The highest BCUT2D eigenvalue weighted by atomic mass is 79.9. The van der Waals surface area contributed by atoms with Crippen LogP contribution in [0.5, 0.6) is 0 Å². The minimum Gasteiger partial charge on any atom is -0.469 e. The second-order valence-corrected chi connectivity index (χ2v) is 6.15. The highest BCUT2D eigenvalue weighted by Gasteiger charge is 2.35. The number of halogens is 1. The molecule has 0 radical (unpaired) electrons. The summed E-state index contributed by atoms with van der Waals surface area (Å²) in [5.74, 6) is -0.0163. The van der Waals surface area contributed by atoms with Crippen LogP contribution in [0, 0.1) is 0 Å². The molecule has 1 aliphatic heterocycles. The summed E-state index contributed by atoms with van der Waals surface area (Å²) in [4.78, 5) is 21.9. The molecule has 122 valence electrons. The third-order valence-corrected chi connectivity index (χ3v) is 4.51. The highest BCUT2D eigenvalue weighted by molar-refractivity contribution is 9.07. The molecule has 0 N–H and O–H groups in total. The van der Waals surface area contributed by atoms with Crippen molar-refractivity contribution >= 4 is 28.0 Å². The van der Waals surface area contributed by atoms with Gasteiger partial charge >= 0.3 is 5.97 Å². The van der Waals surface area contributed by atoms with Crippen molar-refractivity contribution < 1.29 is 19.1 Å². The fraction of sp³-hybridized carbons (Fsp3) is 0.867. The maximum absolute atomic E-state index is 11.0. The molecule has 0 aromatic heterocycles. The van der Waals surface area contributed by atoms with E-state index in [0.717, 1.165) is 25.9 Å². The molecule has 0 aromatic carbocycles. The number of methoxy groups -OCH3 is 1. The average molecular weight is 364 g/mol. The number of hydrogen-bond donors (Lipinski definition) is 0. The molecule has 21 heavy (non-hydrogen) atoms. The smallest absolute Gasteiger partial charge is 0.305 e. The number of ether oxygens (including phenoxy) is 2. The van der Waals surface area contributed by atoms with Gasteiger partial charge in [0.1, 0.15) is 0 Å². The van der Waals surface area contributed by atoms with Gasteiger partial charge in [-0.1, -0.05) is 38.5 Å². The van der Waals surface area contributed by atoms with Gasteiger partial charge in [-0.2, -0.15) is 0 Å². The van der Waals surface area contributed by atoms with Gasteiger partial charge in [0.25, 0.3) is 0 Å². The van der Waals surface area contributed by atoms with E-state index in [9.17, 15) is 9.59 Å². The first kappa shape index (κ1) is 18.4. The Kier molecular flexibility index (Phi) is 9.67. The summed E-state index contributed by atoms with van der Waals surface area (Å²) < 4.78 is 11.6. The van der Waals surface area contributed by atoms with E-state index in [1.807, 2.05) is 0 Å². The summed E-state index contributed by atoms with van der Waals surface area (Å²) in [7, 11) is 1.43. The van der Waals surface area contributed by atoms with E-state index in [2.05, 4.69) is 20.9 Å². The van der Waals surface area contributed by atoms with Gasteiger partial charge in [0.05, 0.1) is 29.7 Å². The molecule has 1 atom stereocenters. The molecule has 1 unspecified atom stereocenters. The zero-order chi connectivity index (χ0) is 15.5. The lowest BCUT2D eigenvalue weighted by Gasteiger charge is -2.34. The Morgan fingerprint density at radius 2 is 1.71 bits per heavy atom. The lowest BCUT2D eigenvalue weighted by Crippen LogP contribution is -2.47. The Morgan fingerprint density at radius 3 is 2.24 bits per heavy atom. The van der Waals surface area contributed by atoms with Crippen molar-refractivity contribution in [2.45, 2.75) is 70.4 Å². The molecule has 1 aliphatic rings. The number of unbranched alkanes of at least 4 members (excludes halogenated alkanes) is 7. The van der Waals surface area contributed by atoms with E-state index in [1.165, 1.54) is 43.1 Å². The van der Waals surface area contributed by atoms with Crippen molar-refractivity contribution in [1.82, 2.24) is 3.93 Å². The van der Waals surface area contributed by atoms with Gasteiger partial charge in [-0.3, -0.25) is 13.5 Å². The minimum atomic E-state index is -0.106. The summed E-state index contributed by atoms with van der Waals surface area (Å²) >= 11 is 3.16. The molecule has 0 saturated carbocycles. The number of esters is 1. The summed E-state index contributed by atoms with van der Waals surface area (Å²) in [5, 5.41) is 0. The summed E-state index contributed by atoms with van der Waals surface area (Å²) in [5.41, 5.74) is 0. The lowest BCUT2D eigenvalue weighted by atomic mass is 10.1. The maximum Gasteiger partial charge on any atom is 0.305 e. The van der Waals surface area contributed by atoms with Crippen molar-refractivity contribution in [3.05, 3.63) is 0 Å². The molecule has 6 heteroatoms. The monoisotopic (exact) mass is 363 g/mol. The maximum atomic E-state index is 11.0. The number of carbonyl (C=O) groups excluding carboxylic acids is 2. The number of amides is 1. The van der Waals surface area contributed by atoms with Crippen molar-refractivity contribution in [3.8, 4) is 0 Å². The Morgan fingerprint density at radius 1 is 1.14 bits per heavy atom. The Labute approximate surface area is 135 Å². The third-order valence-electron chi connectivity index (χ3n) is 3.65. The zero-order valence-electron chi connectivity index (χ0n) is 12.8. The van der Waals surface area contributed by atoms with Crippen LogP contribution in [0.2, 0.25) is 0 Å². The second-order valence-electron chi connectivity index (χ2n) is 5.39. The molecule has 0 bridgehead atoms. The molecule has 0 spiro atoms. The highest BCUT2D eigenvalue weighted by Crippen LogP contribution is 2.24. The minimum absolute atomic E-state index is 0.0627. The molecule has 5 nitrogen and oxygen atoms in total. The quantitative estimate of drug-likeness (QED) is 0.230. The average Bonchev–Trinajstić information content (AvgIpc) is 2.50. The molecule has 1 rings (SSSR count). The van der Waals surface area contributed by atoms with E-state index < -0.39 is 0 Å². The lowest BCUT2D eigenvalue weighted by molar-refractivity contribution is -0.155. The molecule has 1 amide bonds. The second kappa shape index (κ2) is 11.0. The van der Waals surface area contributed by atoms with E-state index in [4.69, 9.17) is 4.74 Å². The first-order valence-electron chi connectivity index (χ1n) is 7.81. The van der Waals surface area contributed by atoms with Crippen LogP contribution in [0.1, 0.15) is 64.2 Å². The van der Waals surface area contributed by atoms with Crippen LogP contribution in [-0.4, -0.2) is 35.7 Å².